The van der Waals surface area contributed by atoms with Gasteiger partial charge in [0, 0.05) is 30.0 Å². The summed E-state index contributed by atoms with van der Waals surface area (Å²) in [6.45, 7) is 5.25. The second-order valence-electron chi connectivity index (χ2n) is 3.68. The summed E-state index contributed by atoms with van der Waals surface area (Å²) in [6, 6.07) is 8.21. The van der Waals surface area contributed by atoms with Crippen LogP contribution < -0.4 is 5.32 Å². The number of benzene rings is 1. The molecule has 0 aliphatic carbocycles. The third kappa shape index (κ3) is 3.20. The highest BCUT2D eigenvalue weighted by atomic mass is 79.9. The largest absolute Gasteiger partial charge is 0.352 e. The molecule has 0 amide bonds. The van der Waals surface area contributed by atoms with E-state index in [2.05, 4.69) is 44.9 Å². The van der Waals surface area contributed by atoms with Gasteiger partial charge in [-0.3, -0.25) is 0 Å². The van der Waals surface area contributed by atoms with E-state index in [9.17, 15) is 0 Å². The maximum absolute atomic E-state index is 4.26. The van der Waals surface area contributed by atoms with Crippen LogP contribution in [0.4, 0.5) is 5.95 Å². The molecule has 4 heteroatoms. The molecule has 2 rings (SSSR count). The van der Waals surface area contributed by atoms with Crippen molar-refractivity contribution in [2.45, 2.75) is 13.1 Å². The Morgan fingerprint density at radius 1 is 1.47 bits per heavy atom. The Hall–Kier alpha value is -1.55. The molecule has 0 aliphatic heterocycles. The normalized spacial score (nSPS) is 10.2. The van der Waals surface area contributed by atoms with Gasteiger partial charge in [0.05, 0.1) is 0 Å². The summed E-state index contributed by atoms with van der Waals surface area (Å²) >= 11 is 3.46. The van der Waals surface area contributed by atoms with Crippen molar-refractivity contribution < 1.29 is 0 Å². The van der Waals surface area contributed by atoms with Crippen molar-refractivity contribution in [3.63, 3.8) is 0 Å². The number of hydrogen-bond donors (Lipinski definition) is 1. The zero-order chi connectivity index (χ0) is 12.1. The van der Waals surface area contributed by atoms with Crippen molar-refractivity contribution in [2.75, 3.05) is 5.32 Å². The molecular formula is C13H14BrN3. The van der Waals surface area contributed by atoms with E-state index in [1.807, 2.05) is 29.0 Å². The van der Waals surface area contributed by atoms with Gasteiger partial charge >= 0.3 is 0 Å². The Morgan fingerprint density at radius 2 is 2.35 bits per heavy atom. The van der Waals surface area contributed by atoms with Gasteiger partial charge in [-0.05, 0) is 17.7 Å². The van der Waals surface area contributed by atoms with Crippen LogP contribution in [-0.2, 0) is 13.1 Å². The summed E-state index contributed by atoms with van der Waals surface area (Å²) in [5, 5.41) is 3.30. The zero-order valence-electron chi connectivity index (χ0n) is 9.44. The van der Waals surface area contributed by atoms with Crippen LogP contribution >= 0.6 is 15.9 Å². The third-order valence-electron chi connectivity index (χ3n) is 2.38. The second kappa shape index (κ2) is 5.68. The number of hydrogen-bond acceptors (Lipinski definition) is 2. The fourth-order valence-corrected chi connectivity index (χ4v) is 2.04. The zero-order valence-corrected chi connectivity index (χ0v) is 11.0. The molecule has 0 spiro atoms. The minimum absolute atomic E-state index is 0.758. The van der Waals surface area contributed by atoms with Gasteiger partial charge < -0.3 is 9.88 Å². The number of nitrogens with one attached hydrogen (secondary N) is 1. The van der Waals surface area contributed by atoms with Gasteiger partial charge in [0.25, 0.3) is 0 Å². The number of rotatable bonds is 5. The standard InChI is InChI=1S/C13H14BrN3/c1-2-7-17-8-6-15-13(17)16-10-11-4-3-5-12(14)9-11/h2-6,8-9H,1,7,10H2,(H,15,16). The second-order valence-corrected chi connectivity index (χ2v) is 4.59. The number of halogens is 1. The lowest BCUT2D eigenvalue weighted by atomic mass is 10.2. The van der Waals surface area contributed by atoms with E-state index in [0.717, 1.165) is 23.5 Å². The van der Waals surface area contributed by atoms with Gasteiger partial charge in [-0.15, -0.1) is 6.58 Å². The molecule has 0 saturated carbocycles. The van der Waals surface area contributed by atoms with Gasteiger partial charge in [-0.2, -0.15) is 0 Å². The highest BCUT2D eigenvalue weighted by Crippen LogP contribution is 2.13. The predicted octanol–water partition coefficient (Wildman–Crippen LogP) is 3.44. The van der Waals surface area contributed by atoms with E-state index in [-0.39, 0.29) is 0 Å². The topological polar surface area (TPSA) is 29.9 Å². The van der Waals surface area contributed by atoms with Crippen LogP contribution in [0.1, 0.15) is 5.56 Å². The van der Waals surface area contributed by atoms with Crippen LogP contribution in [0, 0.1) is 0 Å². The molecule has 1 heterocycles. The van der Waals surface area contributed by atoms with Gasteiger partial charge in [0.2, 0.25) is 5.95 Å². The van der Waals surface area contributed by atoms with Crippen LogP contribution in [0.15, 0.2) is 53.8 Å². The van der Waals surface area contributed by atoms with Crippen LogP contribution in [0.5, 0.6) is 0 Å². The first kappa shape index (κ1) is 11.9. The molecule has 0 bridgehead atoms. The van der Waals surface area contributed by atoms with Crippen LogP contribution in [0.3, 0.4) is 0 Å². The summed E-state index contributed by atoms with van der Waals surface area (Å²) in [4.78, 5) is 4.26. The molecule has 1 aromatic carbocycles. The Kier molecular flexibility index (Phi) is 3.98. The van der Waals surface area contributed by atoms with Crippen LogP contribution in [0.2, 0.25) is 0 Å². The summed E-state index contributed by atoms with van der Waals surface area (Å²) in [7, 11) is 0. The van der Waals surface area contributed by atoms with E-state index >= 15 is 0 Å². The third-order valence-corrected chi connectivity index (χ3v) is 2.87. The molecule has 1 aromatic heterocycles. The summed E-state index contributed by atoms with van der Waals surface area (Å²) < 4.78 is 3.11. The Morgan fingerprint density at radius 3 is 3.12 bits per heavy atom. The van der Waals surface area contributed by atoms with Crippen molar-refractivity contribution in [3.05, 3.63) is 59.4 Å². The monoisotopic (exact) mass is 291 g/mol. The average molecular weight is 292 g/mol. The number of allylic oxidation sites excluding steroid dienone is 1. The van der Waals surface area contributed by atoms with Gasteiger partial charge in [-0.1, -0.05) is 34.1 Å². The Balaban J connectivity index is 2.02. The van der Waals surface area contributed by atoms with E-state index in [1.165, 1.54) is 5.56 Å². The first-order valence-corrected chi connectivity index (χ1v) is 6.19. The minimum atomic E-state index is 0.758. The fourth-order valence-electron chi connectivity index (χ4n) is 1.59. The molecule has 2 aromatic rings. The van der Waals surface area contributed by atoms with Crippen LogP contribution in [0.25, 0.3) is 0 Å². The molecular weight excluding hydrogens is 278 g/mol. The molecule has 0 atom stereocenters. The molecule has 0 fully saturated rings. The van der Waals surface area contributed by atoms with E-state index in [0.29, 0.717) is 0 Å². The first-order chi connectivity index (χ1) is 8.29. The highest BCUT2D eigenvalue weighted by molar-refractivity contribution is 9.10. The number of nitrogens with zero attached hydrogens (tertiary/aromatic N) is 2. The van der Waals surface area contributed by atoms with E-state index in [1.54, 1.807) is 6.20 Å². The van der Waals surface area contributed by atoms with Crippen molar-refractivity contribution in [1.82, 2.24) is 9.55 Å². The Bertz CT molecular complexity index is 505. The molecule has 0 radical (unpaired) electrons. The van der Waals surface area contributed by atoms with Crippen molar-refractivity contribution >= 4 is 21.9 Å². The summed E-state index contributed by atoms with van der Waals surface area (Å²) in [6.07, 6.45) is 5.57. The molecule has 0 aliphatic rings. The van der Waals surface area contributed by atoms with E-state index < -0.39 is 0 Å². The number of anilines is 1. The molecule has 0 saturated heterocycles. The predicted molar refractivity (Wildman–Crippen MR) is 73.9 cm³/mol. The lowest BCUT2D eigenvalue weighted by Crippen LogP contribution is -2.06. The molecule has 1 N–H and O–H groups in total. The highest BCUT2D eigenvalue weighted by Gasteiger charge is 2.00. The van der Waals surface area contributed by atoms with Gasteiger partial charge in [0.15, 0.2) is 0 Å². The smallest absolute Gasteiger partial charge is 0.203 e. The quantitative estimate of drug-likeness (QED) is 0.855. The molecule has 17 heavy (non-hydrogen) atoms. The summed E-state index contributed by atoms with van der Waals surface area (Å²) in [5.74, 6) is 0.866. The molecule has 3 nitrogen and oxygen atoms in total. The summed E-state index contributed by atoms with van der Waals surface area (Å²) in [5.41, 5.74) is 1.22. The average Bonchev–Trinajstić information content (AvgIpc) is 2.75. The number of aromatic nitrogens is 2. The lowest BCUT2D eigenvalue weighted by molar-refractivity contribution is 0.820. The van der Waals surface area contributed by atoms with Gasteiger partial charge in [-0.25, -0.2) is 4.98 Å². The Labute approximate surface area is 109 Å². The van der Waals surface area contributed by atoms with Crippen molar-refractivity contribution in [2.24, 2.45) is 0 Å². The minimum Gasteiger partial charge on any atom is -0.352 e. The maximum atomic E-state index is 4.26. The van der Waals surface area contributed by atoms with Gasteiger partial charge in [0.1, 0.15) is 0 Å². The SMILES string of the molecule is C=CCn1ccnc1NCc1cccc(Br)c1. The first-order valence-electron chi connectivity index (χ1n) is 5.40. The maximum Gasteiger partial charge on any atom is 0.203 e. The fraction of sp³-hybridized carbons (Fsp3) is 0.154. The van der Waals surface area contributed by atoms with Crippen molar-refractivity contribution in [1.29, 1.82) is 0 Å². The van der Waals surface area contributed by atoms with Crippen molar-refractivity contribution in [3.8, 4) is 0 Å². The van der Waals surface area contributed by atoms with E-state index in [4.69, 9.17) is 0 Å². The lowest BCUT2D eigenvalue weighted by Gasteiger charge is -2.08. The molecule has 0 unspecified atom stereocenters. The molecule has 88 valence electrons. The number of imidazole rings is 1. The van der Waals surface area contributed by atoms with Crippen LogP contribution in [-0.4, -0.2) is 9.55 Å².